The van der Waals surface area contributed by atoms with E-state index in [4.69, 9.17) is 0 Å². The van der Waals surface area contributed by atoms with Crippen molar-refractivity contribution in [3.63, 3.8) is 0 Å². The highest BCUT2D eigenvalue weighted by atomic mass is 127. The predicted octanol–water partition coefficient (Wildman–Crippen LogP) is 3.55. The SMILES string of the molecule is O=C1CCc2cc(C(=O)c3ccc(F)cc3I)ccc2N1. The number of hydrogen-bond donors (Lipinski definition) is 1. The van der Waals surface area contributed by atoms with Gasteiger partial charge in [-0.3, -0.25) is 9.59 Å². The minimum atomic E-state index is -0.357. The number of aryl methyl sites for hydroxylation is 1. The Morgan fingerprint density at radius 3 is 2.71 bits per heavy atom. The average Bonchev–Trinajstić information content (AvgIpc) is 2.46. The Labute approximate surface area is 134 Å². The van der Waals surface area contributed by atoms with Crippen LogP contribution >= 0.6 is 22.6 Å². The van der Waals surface area contributed by atoms with Crippen molar-refractivity contribution in [3.8, 4) is 0 Å². The standard InChI is InChI=1S/C16H11FINO2/c17-11-3-4-12(13(18)8-11)16(21)10-1-5-14-9(7-10)2-6-15(20)19-14/h1,3-5,7-8H,2,6H2,(H,19,20). The van der Waals surface area contributed by atoms with Crippen LogP contribution in [-0.4, -0.2) is 11.7 Å². The van der Waals surface area contributed by atoms with Gasteiger partial charge in [0.05, 0.1) is 0 Å². The fraction of sp³-hybridized carbons (Fsp3) is 0.125. The van der Waals surface area contributed by atoms with E-state index in [-0.39, 0.29) is 17.5 Å². The first-order valence-corrected chi connectivity index (χ1v) is 7.55. The van der Waals surface area contributed by atoms with Crippen molar-refractivity contribution in [2.75, 3.05) is 5.32 Å². The summed E-state index contributed by atoms with van der Waals surface area (Å²) >= 11 is 1.96. The molecule has 3 nitrogen and oxygen atoms in total. The van der Waals surface area contributed by atoms with Crippen LogP contribution in [0.3, 0.4) is 0 Å². The Kier molecular flexibility index (Phi) is 3.75. The molecule has 0 aliphatic carbocycles. The third kappa shape index (κ3) is 2.83. The molecule has 0 unspecified atom stereocenters. The van der Waals surface area contributed by atoms with Crippen LogP contribution in [0.25, 0.3) is 0 Å². The summed E-state index contributed by atoms with van der Waals surface area (Å²) in [5.41, 5.74) is 2.75. The number of amides is 1. The molecule has 0 saturated heterocycles. The van der Waals surface area contributed by atoms with Gasteiger partial charge >= 0.3 is 0 Å². The molecule has 3 rings (SSSR count). The number of rotatable bonds is 2. The number of carbonyl (C=O) groups excluding carboxylic acids is 2. The van der Waals surface area contributed by atoms with Crippen molar-refractivity contribution >= 4 is 40.0 Å². The van der Waals surface area contributed by atoms with Gasteiger partial charge in [0.1, 0.15) is 5.82 Å². The summed E-state index contributed by atoms with van der Waals surface area (Å²) in [6, 6.07) is 9.36. The average molecular weight is 395 g/mol. The first-order chi connectivity index (χ1) is 10.0. The largest absolute Gasteiger partial charge is 0.326 e. The van der Waals surface area contributed by atoms with E-state index in [0.717, 1.165) is 11.3 Å². The Hall–Kier alpha value is -1.76. The highest BCUT2D eigenvalue weighted by molar-refractivity contribution is 14.1. The van der Waals surface area contributed by atoms with Gasteiger partial charge in [0.15, 0.2) is 5.78 Å². The molecule has 1 aliphatic heterocycles. The molecule has 2 aromatic carbocycles. The summed E-state index contributed by atoms with van der Waals surface area (Å²) in [5.74, 6) is -0.502. The first-order valence-electron chi connectivity index (χ1n) is 6.47. The molecule has 21 heavy (non-hydrogen) atoms. The van der Waals surface area contributed by atoms with Crippen LogP contribution in [0.2, 0.25) is 0 Å². The summed E-state index contributed by atoms with van der Waals surface area (Å²) in [5, 5.41) is 2.78. The number of carbonyl (C=O) groups is 2. The topological polar surface area (TPSA) is 46.2 Å². The van der Waals surface area contributed by atoms with Crippen LogP contribution < -0.4 is 5.32 Å². The molecule has 0 radical (unpaired) electrons. The van der Waals surface area contributed by atoms with Crippen molar-refractivity contribution in [2.45, 2.75) is 12.8 Å². The van der Waals surface area contributed by atoms with Gasteiger partial charge in [0, 0.05) is 26.8 Å². The molecule has 2 aromatic rings. The van der Waals surface area contributed by atoms with Crippen LogP contribution in [0.15, 0.2) is 36.4 Å². The van der Waals surface area contributed by atoms with Gasteiger partial charge in [-0.15, -0.1) is 0 Å². The molecule has 0 bridgehead atoms. The minimum absolute atomic E-state index is 0.00494. The monoisotopic (exact) mass is 395 g/mol. The van der Waals surface area contributed by atoms with Crippen LogP contribution in [-0.2, 0) is 11.2 Å². The van der Waals surface area contributed by atoms with E-state index >= 15 is 0 Å². The van der Waals surface area contributed by atoms with Gasteiger partial charge < -0.3 is 5.32 Å². The van der Waals surface area contributed by atoms with Crippen molar-refractivity contribution in [2.24, 2.45) is 0 Å². The van der Waals surface area contributed by atoms with Gasteiger partial charge in [0.25, 0.3) is 0 Å². The zero-order valence-electron chi connectivity index (χ0n) is 11.0. The predicted molar refractivity (Wildman–Crippen MR) is 85.9 cm³/mol. The number of halogens is 2. The lowest BCUT2D eigenvalue weighted by molar-refractivity contribution is -0.116. The summed E-state index contributed by atoms with van der Waals surface area (Å²) in [6.45, 7) is 0. The van der Waals surface area contributed by atoms with E-state index in [1.807, 2.05) is 22.6 Å². The van der Waals surface area contributed by atoms with Crippen LogP contribution in [0.1, 0.15) is 27.9 Å². The second-order valence-electron chi connectivity index (χ2n) is 4.87. The number of nitrogens with one attached hydrogen (secondary N) is 1. The van der Waals surface area contributed by atoms with Gasteiger partial charge in [0.2, 0.25) is 5.91 Å². The van der Waals surface area contributed by atoms with Crippen LogP contribution in [0.4, 0.5) is 10.1 Å². The van der Waals surface area contributed by atoms with E-state index in [1.54, 1.807) is 18.2 Å². The highest BCUT2D eigenvalue weighted by Crippen LogP contribution is 2.25. The van der Waals surface area contributed by atoms with E-state index in [2.05, 4.69) is 5.32 Å². The van der Waals surface area contributed by atoms with E-state index in [9.17, 15) is 14.0 Å². The van der Waals surface area contributed by atoms with E-state index < -0.39 is 0 Å². The molecule has 0 saturated carbocycles. The zero-order valence-corrected chi connectivity index (χ0v) is 13.1. The van der Waals surface area contributed by atoms with E-state index in [1.165, 1.54) is 18.2 Å². The van der Waals surface area contributed by atoms with Crippen molar-refractivity contribution in [1.82, 2.24) is 0 Å². The molecular weight excluding hydrogens is 384 g/mol. The molecule has 0 aromatic heterocycles. The molecule has 1 amide bonds. The smallest absolute Gasteiger partial charge is 0.224 e. The number of anilines is 1. The first kappa shape index (κ1) is 14.2. The maximum Gasteiger partial charge on any atom is 0.224 e. The molecule has 0 atom stereocenters. The Bertz CT molecular complexity index is 758. The van der Waals surface area contributed by atoms with Gasteiger partial charge in [-0.1, -0.05) is 0 Å². The van der Waals surface area contributed by atoms with Crippen LogP contribution in [0, 0.1) is 9.39 Å². The number of benzene rings is 2. The number of fused-ring (bicyclic) bond motifs is 1. The number of hydrogen-bond acceptors (Lipinski definition) is 2. The molecule has 1 aliphatic rings. The second kappa shape index (κ2) is 5.55. The summed E-state index contributed by atoms with van der Waals surface area (Å²) in [7, 11) is 0. The molecular formula is C16H11FINO2. The van der Waals surface area contributed by atoms with Crippen LogP contribution in [0.5, 0.6) is 0 Å². The maximum atomic E-state index is 13.1. The Morgan fingerprint density at radius 1 is 1.14 bits per heavy atom. The van der Waals surface area contributed by atoms with Crippen molar-refractivity contribution < 1.29 is 14.0 Å². The molecule has 1 N–H and O–H groups in total. The Balaban J connectivity index is 1.97. The summed E-state index contributed by atoms with van der Waals surface area (Å²) < 4.78 is 13.7. The molecule has 1 heterocycles. The summed E-state index contributed by atoms with van der Waals surface area (Å²) in [4.78, 5) is 23.8. The minimum Gasteiger partial charge on any atom is -0.326 e. The highest BCUT2D eigenvalue weighted by Gasteiger charge is 2.18. The molecule has 0 fully saturated rings. The van der Waals surface area contributed by atoms with Gasteiger partial charge in [-0.2, -0.15) is 0 Å². The lowest BCUT2D eigenvalue weighted by Crippen LogP contribution is -2.19. The lowest BCUT2D eigenvalue weighted by Gasteiger charge is -2.17. The second-order valence-corrected chi connectivity index (χ2v) is 6.04. The van der Waals surface area contributed by atoms with E-state index in [0.29, 0.717) is 27.5 Å². The normalized spacial score (nSPS) is 13.5. The zero-order chi connectivity index (χ0) is 15.0. The third-order valence-electron chi connectivity index (χ3n) is 3.44. The Morgan fingerprint density at radius 2 is 1.95 bits per heavy atom. The summed E-state index contributed by atoms with van der Waals surface area (Å²) in [6.07, 6.45) is 1.06. The molecule has 0 spiro atoms. The fourth-order valence-electron chi connectivity index (χ4n) is 2.35. The quantitative estimate of drug-likeness (QED) is 0.625. The maximum absolute atomic E-state index is 13.1. The molecule has 106 valence electrons. The van der Waals surface area contributed by atoms with Crippen molar-refractivity contribution in [1.29, 1.82) is 0 Å². The number of ketones is 1. The van der Waals surface area contributed by atoms with Crippen molar-refractivity contribution in [3.05, 3.63) is 62.5 Å². The lowest BCUT2D eigenvalue weighted by atomic mass is 9.96. The fourth-order valence-corrected chi connectivity index (χ4v) is 3.08. The van der Waals surface area contributed by atoms with Gasteiger partial charge in [-0.25, -0.2) is 4.39 Å². The van der Waals surface area contributed by atoms with Gasteiger partial charge in [-0.05, 0) is 71.0 Å². The third-order valence-corrected chi connectivity index (χ3v) is 4.33. The molecule has 5 heteroatoms.